The molecule has 0 amide bonds. The third-order valence-electron chi connectivity index (χ3n) is 4.88. The minimum absolute atomic E-state index is 0.0264. The number of aryl methyl sites for hydroxylation is 1. The first-order valence-electron chi connectivity index (χ1n) is 8.98. The average Bonchev–Trinajstić information content (AvgIpc) is 3.38. The second kappa shape index (κ2) is 6.59. The van der Waals surface area contributed by atoms with Crippen molar-refractivity contribution in [3.8, 4) is 17.3 Å². The van der Waals surface area contributed by atoms with Crippen LogP contribution in [0.2, 0.25) is 0 Å². The summed E-state index contributed by atoms with van der Waals surface area (Å²) in [5.41, 5.74) is 4.00. The topological polar surface area (TPSA) is 83.6 Å². The van der Waals surface area contributed by atoms with E-state index in [9.17, 15) is 4.79 Å². The molecule has 2 aromatic carbocycles. The van der Waals surface area contributed by atoms with Crippen molar-refractivity contribution in [2.75, 3.05) is 5.32 Å². The third kappa shape index (κ3) is 2.84. The van der Waals surface area contributed by atoms with Gasteiger partial charge in [0.1, 0.15) is 5.82 Å². The van der Waals surface area contributed by atoms with Crippen molar-refractivity contribution >= 4 is 33.1 Å². The van der Waals surface area contributed by atoms with Crippen molar-refractivity contribution in [2.45, 2.75) is 19.4 Å². The van der Waals surface area contributed by atoms with Crippen molar-refractivity contribution in [3.05, 3.63) is 69.6 Å². The summed E-state index contributed by atoms with van der Waals surface area (Å²) in [6, 6.07) is 15.1. The molecule has 28 heavy (non-hydrogen) atoms. The highest BCUT2D eigenvalue weighted by molar-refractivity contribution is 7.14. The normalized spacial score (nSPS) is 12.7. The minimum atomic E-state index is 0.0264. The van der Waals surface area contributed by atoms with Gasteiger partial charge in [-0.3, -0.25) is 9.36 Å². The predicted molar refractivity (Wildman–Crippen MR) is 110 cm³/mol. The molecule has 2 aromatic heterocycles. The van der Waals surface area contributed by atoms with Gasteiger partial charge in [-0.25, -0.2) is 9.97 Å². The molecule has 0 atom stereocenters. The van der Waals surface area contributed by atoms with E-state index in [4.69, 9.17) is 5.26 Å². The number of nitriles is 1. The van der Waals surface area contributed by atoms with Gasteiger partial charge < -0.3 is 5.32 Å². The molecule has 6 nitrogen and oxygen atoms in total. The molecule has 0 spiro atoms. The van der Waals surface area contributed by atoms with Crippen LogP contribution in [0.1, 0.15) is 17.8 Å². The Morgan fingerprint density at radius 3 is 2.82 bits per heavy atom. The maximum atomic E-state index is 12.7. The lowest BCUT2D eigenvalue weighted by atomic mass is 10.1. The third-order valence-corrected chi connectivity index (χ3v) is 5.64. The second-order valence-electron chi connectivity index (χ2n) is 6.67. The molecule has 0 unspecified atom stereocenters. The Kier molecular flexibility index (Phi) is 3.92. The van der Waals surface area contributed by atoms with E-state index in [1.807, 2.05) is 35.7 Å². The summed E-state index contributed by atoms with van der Waals surface area (Å²) in [4.78, 5) is 22.0. The van der Waals surface area contributed by atoms with Gasteiger partial charge in [-0.2, -0.15) is 5.26 Å². The molecular weight excluding hydrogens is 370 g/mol. The molecule has 1 aliphatic rings. The van der Waals surface area contributed by atoms with Gasteiger partial charge >= 0.3 is 0 Å². The molecular formula is C21H15N5OS. The van der Waals surface area contributed by atoms with E-state index in [1.165, 1.54) is 11.3 Å². The van der Waals surface area contributed by atoms with Gasteiger partial charge in [0, 0.05) is 29.6 Å². The summed E-state index contributed by atoms with van der Waals surface area (Å²) in [5.74, 6) is 0.880. The molecule has 5 rings (SSSR count). The highest BCUT2D eigenvalue weighted by Crippen LogP contribution is 2.28. The predicted octanol–water partition coefficient (Wildman–Crippen LogP) is 4.08. The zero-order valence-corrected chi connectivity index (χ0v) is 15.7. The summed E-state index contributed by atoms with van der Waals surface area (Å²) in [7, 11) is 0. The van der Waals surface area contributed by atoms with Gasteiger partial charge in [0.05, 0.1) is 28.2 Å². The fourth-order valence-electron chi connectivity index (χ4n) is 3.46. The Labute approximate surface area is 164 Å². The fraction of sp³-hybridized carbons (Fsp3) is 0.143. The van der Waals surface area contributed by atoms with E-state index in [-0.39, 0.29) is 5.56 Å². The van der Waals surface area contributed by atoms with Crippen LogP contribution in [-0.4, -0.2) is 14.5 Å². The molecule has 4 aromatic rings. The van der Waals surface area contributed by atoms with Crippen LogP contribution >= 0.6 is 11.3 Å². The van der Waals surface area contributed by atoms with Crippen LogP contribution in [0.15, 0.2) is 52.6 Å². The monoisotopic (exact) mass is 385 g/mol. The van der Waals surface area contributed by atoms with Crippen molar-refractivity contribution in [2.24, 2.45) is 0 Å². The molecule has 1 aliphatic heterocycles. The summed E-state index contributed by atoms with van der Waals surface area (Å²) < 4.78 is 1.78. The van der Waals surface area contributed by atoms with Crippen molar-refractivity contribution < 1.29 is 0 Å². The number of rotatable bonds is 3. The molecule has 7 heteroatoms. The van der Waals surface area contributed by atoms with Crippen LogP contribution in [0.25, 0.3) is 22.2 Å². The molecule has 0 aliphatic carbocycles. The standard InChI is InChI=1S/C21H15N5OS/c22-11-13-3-5-14(6-4-13)18-12-28-21(25-18)23-15-7-8-17-16(10-15)20(27)26-9-1-2-19(26)24-17/h3-8,10,12H,1-2,9H2,(H,23,25). The number of benzene rings is 2. The van der Waals surface area contributed by atoms with Crippen molar-refractivity contribution in [1.82, 2.24) is 14.5 Å². The zero-order chi connectivity index (χ0) is 19.1. The average molecular weight is 385 g/mol. The van der Waals surface area contributed by atoms with Gasteiger partial charge in [-0.05, 0) is 36.8 Å². The number of hydrogen-bond donors (Lipinski definition) is 1. The Hall–Kier alpha value is -3.50. The Morgan fingerprint density at radius 2 is 2.00 bits per heavy atom. The lowest BCUT2D eigenvalue weighted by Gasteiger charge is -2.07. The molecule has 0 bridgehead atoms. The fourth-order valence-corrected chi connectivity index (χ4v) is 4.20. The molecule has 136 valence electrons. The van der Waals surface area contributed by atoms with Gasteiger partial charge in [-0.15, -0.1) is 11.3 Å². The maximum absolute atomic E-state index is 12.7. The first-order valence-corrected chi connectivity index (χ1v) is 9.86. The SMILES string of the molecule is N#Cc1ccc(-c2csc(Nc3ccc4nc5n(c(=O)c4c3)CCC5)n2)cc1. The highest BCUT2D eigenvalue weighted by atomic mass is 32.1. The second-order valence-corrected chi connectivity index (χ2v) is 7.53. The van der Waals surface area contributed by atoms with Crippen LogP contribution in [0.3, 0.4) is 0 Å². The first-order chi connectivity index (χ1) is 13.7. The van der Waals surface area contributed by atoms with Crippen LogP contribution in [0.4, 0.5) is 10.8 Å². The van der Waals surface area contributed by atoms with E-state index >= 15 is 0 Å². The number of nitrogens with zero attached hydrogens (tertiary/aromatic N) is 4. The largest absolute Gasteiger partial charge is 0.332 e. The summed E-state index contributed by atoms with van der Waals surface area (Å²) >= 11 is 1.49. The van der Waals surface area contributed by atoms with Gasteiger partial charge in [0.15, 0.2) is 5.13 Å². The zero-order valence-electron chi connectivity index (χ0n) is 14.8. The highest BCUT2D eigenvalue weighted by Gasteiger charge is 2.16. The Balaban J connectivity index is 1.45. The van der Waals surface area contributed by atoms with Crippen LogP contribution < -0.4 is 10.9 Å². The summed E-state index contributed by atoms with van der Waals surface area (Å²) in [6.45, 7) is 0.745. The number of aromatic nitrogens is 3. The smallest absolute Gasteiger partial charge is 0.261 e. The number of thiazole rings is 1. The Morgan fingerprint density at radius 1 is 1.14 bits per heavy atom. The molecule has 0 saturated heterocycles. The minimum Gasteiger partial charge on any atom is -0.332 e. The number of anilines is 2. The van der Waals surface area contributed by atoms with E-state index in [0.29, 0.717) is 10.9 Å². The van der Waals surface area contributed by atoms with Gasteiger partial charge in [0.2, 0.25) is 0 Å². The van der Waals surface area contributed by atoms with E-state index in [2.05, 4.69) is 21.4 Å². The summed E-state index contributed by atoms with van der Waals surface area (Å²) in [5, 5.41) is 15.5. The van der Waals surface area contributed by atoms with E-state index in [0.717, 1.165) is 52.8 Å². The quantitative estimate of drug-likeness (QED) is 0.574. The van der Waals surface area contributed by atoms with Crippen molar-refractivity contribution in [1.29, 1.82) is 5.26 Å². The molecule has 3 heterocycles. The van der Waals surface area contributed by atoms with Crippen LogP contribution in [0, 0.1) is 11.3 Å². The molecule has 0 fully saturated rings. The first kappa shape index (κ1) is 16.7. The number of nitrogens with one attached hydrogen (secondary N) is 1. The van der Waals surface area contributed by atoms with Crippen molar-refractivity contribution in [3.63, 3.8) is 0 Å². The lowest BCUT2D eigenvalue weighted by molar-refractivity contribution is 0.719. The number of fused-ring (bicyclic) bond motifs is 2. The van der Waals surface area contributed by atoms with Crippen LogP contribution in [-0.2, 0) is 13.0 Å². The van der Waals surface area contributed by atoms with Gasteiger partial charge in [0.25, 0.3) is 5.56 Å². The van der Waals surface area contributed by atoms with E-state index in [1.54, 1.807) is 16.7 Å². The molecule has 1 N–H and O–H groups in total. The lowest BCUT2D eigenvalue weighted by Crippen LogP contribution is -2.20. The number of hydrogen-bond acceptors (Lipinski definition) is 6. The maximum Gasteiger partial charge on any atom is 0.261 e. The Bertz CT molecular complexity index is 1300. The summed E-state index contributed by atoms with van der Waals surface area (Å²) in [6.07, 6.45) is 1.84. The van der Waals surface area contributed by atoms with Gasteiger partial charge in [-0.1, -0.05) is 12.1 Å². The molecule has 0 saturated carbocycles. The van der Waals surface area contributed by atoms with E-state index < -0.39 is 0 Å². The molecule has 0 radical (unpaired) electrons. The van der Waals surface area contributed by atoms with Crippen LogP contribution in [0.5, 0.6) is 0 Å².